The van der Waals surface area contributed by atoms with Crippen LogP contribution < -0.4 is 5.43 Å². The van der Waals surface area contributed by atoms with E-state index in [0.717, 1.165) is 12.8 Å². The summed E-state index contributed by atoms with van der Waals surface area (Å²) in [5, 5.41) is 3.93. The molecule has 1 atom stereocenters. The van der Waals surface area contributed by atoms with Gasteiger partial charge in [-0.25, -0.2) is 0 Å². The highest BCUT2D eigenvalue weighted by atomic mass is 15.3. The lowest BCUT2D eigenvalue weighted by molar-refractivity contribution is 0.391. The number of rotatable bonds is 1. The van der Waals surface area contributed by atoms with E-state index in [1.807, 2.05) is 6.21 Å². The Morgan fingerprint density at radius 2 is 2.62 bits per heavy atom. The van der Waals surface area contributed by atoms with Crippen molar-refractivity contribution >= 4 is 6.21 Å². The van der Waals surface area contributed by atoms with Gasteiger partial charge in [0.2, 0.25) is 0 Å². The summed E-state index contributed by atoms with van der Waals surface area (Å²) < 4.78 is 0. The highest BCUT2D eigenvalue weighted by molar-refractivity contribution is 5.60. The summed E-state index contributed by atoms with van der Waals surface area (Å²) >= 11 is 0. The van der Waals surface area contributed by atoms with Crippen LogP contribution in [0.1, 0.15) is 26.7 Å². The van der Waals surface area contributed by atoms with Crippen molar-refractivity contribution in [2.24, 2.45) is 5.10 Å². The van der Waals surface area contributed by atoms with E-state index in [4.69, 9.17) is 0 Å². The third kappa shape index (κ3) is 0.831. The molecule has 0 aromatic carbocycles. The maximum atomic E-state index is 3.93. The molecule has 2 heteroatoms. The molecule has 1 aliphatic heterocycles. The number of hydrogen-bond donors (Lipinski definition) is 1. The molecule has 0 amide bonds. The SMILES string of the molecule is CCC1(C)CC=NN1. The number of hydrazone groups is 1. The van der Waals surface area contributed by atoms with Gasteiger partial charge < -0.3 is 5.43 Å². The minimum absolute atomic E-state index is 0.264. The Morgan fingerprint density at radius 1 is 1.88 bits per heavy atom. The van der Waals surface area contributed by atoms with Gasteiger partial charge in [-0.1, -0.05) is 6.92 Å². The minimum Gasteiger partial charge on any atom is -0.304 e. The molecule has 1 heterocycles. The normalized spacial score (nSPS) is 35.2. The fourth-order valence-corrected chi connectivity index (χ4v) is 0.718. The standard InChI is InChI=1S/C6H12N2/c1-3-6(2)4-5-7-8-6/h5,8H,3-4H2,1-2H3. The van der Waals surface area contributed by atoms with Crippen LogP contribution in [0.5, 0.6) is 0 Å². The molecule has 1 unspecified atom stereocenters. The predicted molar refractivity (Wildman–Crippen MR) is 34.9 cm³/mol. The van der Waals surface area contributed by atoms with Crippen LogP contribution in [0.2, 0.25) is 0 Å². The molecule has 0 spiro atoms. The fraction of sp³-hybridized carbons (Fsp3) is 0.833. The van der Waals surface area contributed by atoms with Gasteiger partial charge >= 0.3 is 0 Å². The van der Waals surface area contributed by atoms with Crippen molar-refractivity contribution in [1.82, 2.24) is 5.43 Å². The van der Waals surface area contributed by atoms with E-state index in [-0.39, 0.29) is 5.54 Å². The Labute approximate surface area is 50.0 Å². The maximum absolute atomic E-state index is 3.93. The Morgan fingerprint density at radius 3 is 2.88 bits per heavy atom. The first-order chi connectivity index (χ1) is 3.77. The second-order valence-electron chi connectivity index (χ2n) is 2.54. The zero-order valence-corrected chi connectivity index (χ0v) is 5.44. The summed E-state index contributed by atoms with van der Waals surface area (Å²) in [5.74, 6) is 0. The van der Waals surface area contributed by atoms with Crippen LogP contribution >= 0.6 is 0 Å². The number of hydrogen-bond acceptors (Lipinski definition) is 2. The molecule has 8 heavy (non-hydrogen) atoms. The lowest BCUT2D eigenvalue weighted by atomic mass is 9.98. The Balaban J connectivity index is 2.46. The fourth-order valence-electron chi connectivity index (χ4n) is 0.718. The van der Waals surface area contributed by atoms with Crippen molar-refractivity contribution in [2.75, 3.05) is 0 Å². The molecule has 0 saturated heterocycles. The van der Waals surface area contributed by atoms with Crippen molar-refractivity contribution < 1.29 is 0 Å². The van der Waals surface area contributed by atoms with E-state index >= 15 is 0 Å². The molecule has 0 aromatic heterocycles. The van der Waals surface area contributed by atoms with Gasteiger partial charge in [0, 0.05) is 12.6 Å². The van der Waals surface area contributed by atoms with Crippen LogP contribution in [0.15, 0.2) is 5.10 Å². The highest BCUT2D eigenvalue weighted by Crippen LogP contribution is 2.15. The quantitative estimate of drug-likeness (QED) is 0.540. The largest absolute Gasteiger partial charge is 0.304 e. The first-order valence-corrected chi connectivity index (χ1v) is 3.05. The second-order valence-corrected chi connectivity index (χ2v) is 2.54. The average Bonchev–Trinajstić information content (AvgIpc) is 2.17. The molecule has 1 rings (SSSR count). The molecule has 0 aromatic rings. The summed E-state index contributed by atoms with van der Waals surface area (Å²) in [4.78, 5) is 0. The van der Waals surface area contributed by atoms with E-state index in [1.54, 1.807) is 0 Å². The van der Waals surface area contributed by atoms with Gasteiger partial charge in [-0.2, -0.15) is 5.10 Å². The zero-order chi connectivity index (χ0) is 6.04. The molecule has 46 valence electrons. The monoisotopic (exact) mass is 112 g/mol. The van der Waals surface area contributed by atoms with Crippen LogP contribution in [0.4, 0.5) is 0 Å². The van der Waals surface area contributed by atoms with Gasteiger partial charge in [0.1, 0.15) is 0 Å². The molecule has 0 bridgehead atoms. The minimum atomic E-state index is 0.264. The summed E-state index contributed by atoms with van der Waals surface area (Å²) in [6.45, 7) is 4.35. The molecule has 0 saturated carbocycles. The topological polar surface area (TPSA) is 24.4 Å². The Bertz CT molecular complexity index is 99.1. The highest BCUT2D eigenvalue weighted by Gasteiger charge is 2.22. The summed E-state index contributed by atoms with van der Waals surface area (Å²) in [5.41, 5.74) is 3.32. The van der Waals surface area contributed by atoms with Crippen molar-refractivity contribution in [2.45, 2.75) is 32.2 Å². The van der Waals surface area contributed by atoms with Gasteiger partial charge in [-0.05, 0) is 13.3 Å². The molecule has 0 radical (unpaired) electrons. The maximum Gasteiger partial charge on any atom is 0.0568 e. The molecular weight excluding hydrogens is 100 g/mol. The van der Waals surface area contributed by atoms with Crippen LogP contribution in [0.3, 0.4) is 0 Å². The van der Waals surface area contributed by atoms with E-state index in [0.29, 0.717) is 0 Å². The second kappa shape index (κ2) is 1.77. The Hall–Kier alpha value is -0.530. The van der Waals surface area contributed by atoms with Gasteiger partial charge in [-0.3, -0.25) is 0 Å². The van der Waals surface area contributed by atoms with Gasteiger partial charge in [0.25, 0.3) is 0 Å². The number of nitrogens with zero attached hydrogens (tertiary/aromatic N) is 1. The lowest BCUT2D eigenvalue weighted by Gasteiger charge is -2.19. The van der Waals surface area contributed by atoms with Crippen LogP contribution in [-0.4, -0.2) is 11.8 Å². The molecular formula is C6H12N2. The Kier molecular flexibility index (Phi) is 1.24. The molecule has 1 N–H and O–H groups in total. The third-order valence-electron chi connectivity index (χ3n) is 1.75. The zero-order valence-electron chi connectivity index (χ0n) is 5.44. The summed E-state index contributed by atoms with van der Waals surface area (Å²) in [7, 11) is 0. The summed E-state index contributed by atoms with van der Waals surface area (Å²) in [6.07, 6.45) is 4.15. The summed E-state index contributed by atoms with van der Waals surface area (Å²) in [6, 6.07) is 0. The van der Waals surface area contributed by atoms with Gasteiger partial charge in [-0.15, -0.1) is 0 Å². The average molecular weight is 112 g/mol. The first-order valence-electron chi connectivity index (χ1n) is 3.05. The third-order valence-corrected chi connectivity index (χ3v) is 1.75. The van der Waals surface area contributed by atoms with E-state index < -0.39 is 0 Å². The smallest absolute Gasteiger partial charge is 0.0568 e. The van der Waals surface area contributed by atoms with E-state index in [2.05, 4.69) is 24.4 Å². The van der Waals surface area contributed by atoms with Crippen LogP contribution in [0.25, 0.3) is 0 Å². The molecule has 2 nitrogen and oxygen atoms in total. The molecule has 1 aliphatic rings. The predicted octanol–water partition coefficient (Wildman–Crippen LogP) is 1.13. The van der Waals surface area contributed by atoms with E-state index in [9.17, 15) is 0 Å². The van der Waals surface area contributed by atoms with Crippen molar-refractivity contribution in [3.63, 3.8) is 0 Å². The van der Waals surface area contributed by atoms with Gasteiger partial charge in [0.15, 0.2) is 0 Å². The lowest BCUT2D eigenvalue weighted by Crippen LogP contribution is -2.33. The molecule has 0 fully saturated rings. The van der Waals surface area contributed by atoms with Crippen molar-refractivity contribution in [3.8, 4) is 0 Å². The number of nitrogens with one attached hydrogen (secondary N) is 1. The van der Waals surface area contributed by atoms with Crippen molar-refractivity contribution in [1.29, 1.82) is 0 Å². The van der Waals surface area contributed by atoms with Crippen molar-refractivity contribution in [3.05, 3.63) is 0 Å². The van der Waals surface area contributed by atoms with Gasteiger partial charge in [0.05, 0.1) is 5.54 Å². The first kappa shape index (κ1) is 5.60. The van der Waals surface area contributed by atoms with E-state index in [1.165, 1.54) is 0 Å². The van der Waals surface area contributed by atoms with Crippen LogP contribution in [0, 0.1) is 0 Å². The van der Waals surface area contributed by atoms with Crippen LogP contribution in [-0.2, 0) is 0 Å². The molecule has 0 aliphatic carbocycles.